The van der Waals surface area contributed by atoms with Gasteiger partial charge >= 0.3 is 0 Å². The van der Waals surface area contributed by atoms with Crippen LogP contribution in [-0.4, -0.2) is 0 Å². The van der Waals surface area contributed by atoms with E-state index in [0.29, 0.717) is 6.54 Å². The number of hydrogen-bond acceptors (Lipinski definition) is 1. The van der Waals surface area contributed by atoms with Crippen LogP contribution in [0.5, 0.6) is 0 Å². The van der Waals surface area contributed by atoms with E-state index in [2.05, 4.69) is 61.2 Å². The Morgan fingerprint density at radius 3 is 2.63 bits per heavy atom. The van der Waals surface area contributed by atoms with Crippen molar-refractivity contribution in [1.82, 2.24) is 0 Å². The lowest BCUT2D eigenvalue weighted by Crippen LogP contribution is -1.96. The van der Waals surface area contributed by atoms with Crippen LogP contribution in [0.1, 0.15) is 23.6 Å². The highest BCUT2D eigenvalue weighted by Gasteiger charge is 2.06. The monoisotopic (exact) mass is 249 g/mol. The molecule has 0 unspecified atom stereocenters. The summed E-state index contributed by atoms with van der Waals surface area (Å²) in [6.07, 6.45) is 6.08. The van der Waals surface area contributed by atoms with Crippen molar-refractivity contribution in [3.8, 4) is 11.1 Å². The molecule has 0 aromatic heterocycles. The third-order valence-electron chi connectivity index (χ3n) is 3.17. The maximum Gasteiger partial charge on any atom is 0.0178 e. The lowest BCUT2D eigenvalue weighted by Gasteiger charge is -2.11. The molecule has 0 atom stereocenters. The smallest absolute Gasteiger partial charge is 0.0178 e. The van der Waals surface area contributed by atoms with Crippen LogP contribution in [0.3, 0.4) is 0 Å². The van der Waals surface area contributed by atoms with Crippen LogP contribution in [0.15, 0.2) is 55.1 Å². The van der Waals surface area contributed by atoms with Crippen LogP contribution in [-0.2, 0) is 6.54 Å². The Morgan fingerprint density at radius 2 is 1.95 bits per heavy atom. The van der Waals surface area contributed by atoms with Gasteiger partial charge in [-0.2, -0.15) is 0 Å². The number of benzene rings is 2. The molecule has 0 spiro atoms. The molecular weight excluding hydrogens is 230 g/mol. The Morgan fingerprint density at radius 1 is 1.16 bits per heavy atom. The minimum atomic E-state index is 0.563. The van der Waals surface area contributed by atoms with Crippen LogP contribution >= 0.6 is 0 Å². The van der Waals surface area contributed by atoms with Gasteiger partial charge in [0.1, 0.15) is 0 Å². The van der Waals surface area contributed by atoms with Gasteiger partial charge < -0.3 is 5.73 Å². The third-order valence-corrected chi connectivity index (χ3v) is 3.17. The van der Waals surface area contributed by atoms with E-state index in [-0.39, 0.29) is 0 Å². The number of allylic oxidation sites excluding steroid dienone is 1. The van der Waals surface area contributed by atoms with E-state index in [1.54, 1.807) is 0 Å². The summed E-state index contributed by atoms with van der Waals surface area (Å²) >= 11 is 0. The fraction of sp³-hybridized carbons (Fsp3) is 0.111. The quantitative estimate of drug-likeness (QED) is 0.849. The minimum Gasteiger partial charge on any atom is -0.326 e. The van der Waals surface area contributed by atoms with Crippen LogP contribution in [0.4, 0.5) is 0 Å². The molecular formula is C18H19N. The first kappa shape index (κ1) is 13.3. The fourth-order valence-corrected chi connectivity index (χ4v) is 2.23. The molecule has 1 heteroatoms. The van der Waals surface area contributed by atoms with Gasteiger partial charge in [0, 0.05) is 6.54 Å². The Labute approximate surface area is 115 Å². The topological polar surface area (TPSA) is 26.0 Å². The Bertz CT molecular complexity index is 609. The molecule has 2 N–H and O–H groups in total. The summed E-state index contributed by atoms with van der Waals surface area (Å²) in [5.41, 5.74) is 11.6. The van der Waals surface area contributed by atoms with Crippen molar-refractivity contribution < 1.29 is 0 Å². The molecule has 0 heterocycles. The van der Waals surface area contributed by atoms with Gasteiger partial charge in [0.25, 0.3) is 0 Å². The zero-order chi connectivity index (χ0) is 13.7. The second-order valence-electron chi connectivity index (χ2n) is 4.42. The average molecular weight is 249 g/mol. The maximum absolute atomic E-state index is 5.72. The first-order chi connectivity index (χ1) is 9.30. The van der Waals surface area contributed by atoms with E-state index < -0.39 is 0 Å². The van der Waals surface area contributed by atoms with E-state index in [9.17, 15) is 0 Å². The SMILES string of the molecule is C=Cc1cccc(-c2cccc(CN)c2)c1/C=C\C. The summed E-state index contributed by atoms with van der Waals surface area (Å²) in [4.78, 5) is 0. The molecule has 0 bridgehead atoms. The normalized spacial score (nSPS) is 10.8. The minimum absolute atomic E-state index is 0.563. The molecule has 0 saturated heterocycles. The van der Waals surface area contributed by atoms with Crippen LogP contribution in [0.2, 0.25) is 0 Å². The number of nitrogens with two attached hydrogens (primary N) is 1. The first-order valence-corrected chi connectivity index (χ1v) is 6.47. The molecule has 0 aliphatic carbocycles. The molecule has 19 heavy (non-hydrogen) atoms. The van der Waals surface area contributed by atoms with Gasteiger partial charge in [-0.15, -0.1) is 0 Å². The summed E-state index contributed by atoms with van der Waals surface area (Å²) in [6.45, 7) is 6.48. The van der Waals surface area contributed by atoms with Crippen molar-refractivity contribution in [1.29, 1.82) is 0 Å². The van der Waals surface area contributed by atoms with Crippen LogP contribution < -0.4 is 5.73 Å². The van der Waals surface area contributed by atoms with Gasteiger partial charge in [-0.3, -0.25) is 0 Å². The zero-order valence-corrected chi connectivity index (χ0v) is 11.3. The standard InChI is InChI=1S/C18H19N/c1-3-7-17-15(4-2)9-6-11-18(17)16-10-5-8-14(12-16)13-19/h3-12H,2,13,19H2,1H3/b7-3-. The lowest BCUT2D eigenvalue weighted by molar-refractivity contribution is 1.07. The van der Waals surface area contributed by atoms with Gasteiger partial charge in [0.2, 0.25) is 0 Å². The summed E-state index contributed by atoms with van der Waals surface area (Å²) < 4.78 is 0. The summed E-state index contributed by atoms with van der Waals surface area (Å²) in [7, 11) is 0. The highest BCUT2D eigenvalue weighted by atomic mass is 14.5. The van der Waals surface area contributed by atoms with Crippen molar-refractivity contribution in [2.45, 2.75) is 13.5 Å². The zero-order valence-electron chi connectivity index (χ0n) is 11.3. The molecule has 0 fully saturated rings. The van der Waals surface area contributed by atoms with Gasteiger partial charge in [-0.1, -0.05) is 61.2 Å². The maximum atomic E-state index is 5.72. The average Bonchev–Trinajstić information content (AvgIpc) is 2.48. The van der Waals surface area contributed by atoms with Crippen molar-refractivity contribution in [3.05, 3.63) is 71.8 Å². The molecule has 0 radical (unpaired) electrons. The molecule has 1 nitrogen and oxygen atoms in total. The fourth-order valence-electron chi connectivity index (χ4n) is 2.23. The van der Waals surface area contributed by atoms with E-state index in [0.717, 1.165) is 11.1 Å². The van der Waals surface area contributed by atoms with Crippen molar-refractivity contribution in [2.75, 3.05) is 0 Å². The van der Waals surface area contributed by atoms with E-state index >= 15 is 0 Å². The Balaban J connectivity index is 2.63. The summed E-state index contributed by atoms with van der Waals surface area (Å²) in [5, 5.41) is 0. The van der Waals surface area contributed by atoms with Gasteiger partial charge in [-0.25, -0.2) is 0 Å². The highest BCUT2D eigenvalue weighted by molar-refractivity contribution is 5.81. The second kappa shape index (κ2) is 6.17. The van der Waals surface area contributed by atoms with Gasteiger partial charge in [0.15, 0.2) is 0 Å². The predicted molar refractivity (Wildman–Crippen MR) is 84.6 cm³/mol. The number of hydrogen-bond donors (Lipinski definition) is 1. The third kappa shape index (κ3) is 2.83. The second-order valence-corrected chi connectivity index (χ2v) is 4.42. The Kier molecular flexibility index (Phi) is 4.32. The largest absolute Gasteiger partial charge is 0.326 e. The molecule has 2 aromatic rings. The first-order valence-electron chi connectivity index (χ1n) is 6.47. The highest BCUT2D eigenvalue weighted by Crippen LogP contribution is 2.28. The predicted octanol–water partition coefficient (Wildman–Crippen LogP) is 4.49. The van der Waals surface area contributed by atoms with Gasteiger partial charge in [0.05, 0.1) is 0 Å². The van der Waals surface area contributed by atoms with Crippen LogP contribution in [0.25, 0.3) is 23.3 Å². The summed E-state index contributed by atoms with van der Waals surface area (Å²) in [6, 6.07) is 14.7. The van der Waals surface area contributed by atoms with Crippen molar-refractivity contribution in [2.24, 2.45) is 5.73 Å². The molecule has 96 valence electrons. The van der Waals surface area contributed by atoms with Gasteiger partial charge in [-0.05, 0) is 40.8 Å². The van der Waals surface area contributed by atoms with E-state index in [1.807, 2.05) is 13.0 Å². The molecule has 0 aliphatic rings. The number of rotatable bonds is 4. The molecule has 0 saturated carbocycles. The summed E-state index contributed by atoms with van der Waals surface area (Å²) in [5.74, 6) is 0. The van der Waals surface area contributed by atoms with E-state index in [4.69, 9.17) is 5.73 Å². The molecule has 2 rings (SSSR count). The molecule has 0 aliphatic heterocycles. The van der Waals surface area contributed by atoms with Crippen molar-refractivity contribution in [3.63, 3.8) is 0 Å². The molecule has 0 amide bonds. The Hall–Kier alpha value is -2.12. The van der Waals surface area contributed by atoms with E-state index in [1.165, 1.54) is 16.7 Å². The molecule has 2 aromatic carbocycles. The lowest BCUT2D eigenvalue weighted by atomic mass is 9.94. The van der Waals surface area contributed by atoms with Crippen molar-refractivity contribution >= 4 is 12.2 Å². The van der Waals surface area contributed by atoms with Crippen LogP contribution in [0, 0.1) is 0 Å².